The summed E-state index contributed by atoms with van der Waals surface area (Å²) in [4.78, 5) is 76.9. The maximum atomic E-state index is 14.0. The van der Waals surface area contributed by atoms with Gasteiger partial charge in [-0.3, -0.25) is 9.59 Å². The number of rotatable bonds is 10. The molecule has 4 amide bonds. The van der Waals surface area contributed by atoms with Gasteiger partial charge in [-0.15, -0.1) is 0 Å². The number of pyridine rings is 1. The molecule has 59 heavy (non-hydrogen) atoms. The van der Waals surface area contributed by atoms with Crippen molar-refractivity contribution >= 4 is 45.9 Å². The molecule has 2 aliphatic heterocycles. The van der Waals surface area contributed by atoms with Crippen LogP contribution in [0.1, 0.15) is 74.9 Å². The number of alkyl carbamates (subject to hydrolysis) is 2. The van der Waals surface area contributed by atoms with Crippen LogP contribution in [-0.2, 0) is 19.1 Å². The predicted octanol–water partition coefficient (Wildman–Crippen LogP) is 6.97. The van der Waals surface area contributed by atoms with Gasteiger partial charge < -0.3 is 39.9 Å². The fourth-order valence-electron chi connectivity index (χ4n) is 8.24. The summed E-state index contributed by atoms with van der Waals surface area (Å²) in [6.45, 7) is 4.91. The minimum atomic E-state index is -0.894. The monoisotopic (exact) mass is 797 g/mol. The number of likely N-dealkylation sites (tertiary alicyclic amines) is 2. The van der Waals surface area contributed by atoms with Gasteiger partial charge in [-0.25, -0.2) is 24.5 Å². The van der Waals surface area contributed by atoms with E-state index in [1.165, 1.54) is 14.2 Å². The second kappa shape index (κ2) is 16.6. The van der Waals surface area contributed by atoms with Crippen LogP contribution in [0.15, 0.2) is 85.1 Å². The third-order valence-corrected chi connectivity index (χ3v) is 11.3. The van der Waals surface area contributed by atoms with Crippen LogP contribution in [0, 0.1) is 5.92 Å². The van der Waals surface area contributed by atoms with E-state index in [0.717, 1.165) is 70.1 Å². The van der Waals surface area contributed by atoms with Crippen molar-refractivity contribution in [3.05, 3.63) is 102 Å². The largest absolute Gasteiger partial charge is 0.453 e. The van der Waals surface area contributed by atoms with Crippen LogP contribution < -0.4 is 10.6 Å². The first-order chi connectivity index (χ1) is 28.6. The van der Waals surface area contributed by atoms with Gasteiger partial charge in [0.15, 0.2) is 0 Å². The SMILES string of the molecule is COC(=O)NC(C(=O)N1CCCC1c1nc2ccc(-c3ccc4cc(-c5cnc(C6CCCN6C(=O)C(NC(=O)OC)C(C)C)[nH]5)ccc4n3)cc2[nH]1)c1ccccc1. The molecule has 8 rings (SSSR count). The smallest absolute Gasteiger partial charge is 0.407 e. The summed E-state index contributed by atoms with van der Waals surface area (Å²) >= 11 is 0. The van der Waals surface area contributed by atoms with Crippen LogP contribution in [0.4, 0.5) is 9.59 Å². The predicted molar refractivity (Wildman–Crippen MR) is 221 cm³/mol. The number of aromatic nitrogens is 5. The Hall–Kier alpha value is -6.77. The fourth-order valence-corrected chi connectivity index (χ4v) is 8.24. The minimum absolute atomic E-state index is 0.117. The molecule has 0 radical (unpaired) electrons. The van der Waals surface area contributed by atoms with Gasteiger partial charge in [-0.2, -0.15) is 0 Å². The van der Waals surface area contributed by atoms with Crippen LogP contribution >= 0.6 is 0 Å². The Labute approximate surface area is 340 Å². The Balaban J connectivity index is 0.987. The van der Waals surface area contributed by atoms with E-state index in [2.05, 4.69) is 26.7 Å². The molecular formula is C44H47N9O6. The molecule has 0 saturated carbocycles. The number of aromatic amines is 2. The van der Waals surface area contributed by atoms with Crippen molar-refractivity contribution in [1.29, 1.82) is 0 Å². The zero-order chi connectivity index (χ0) is 41.2. The van der Waals surface area contributed by atoms with Crippen molar-refractivity contribution in [1.82, 2.24) is 45.4 Å². The van der Waals surface area contributed by atoms with E-state index >= 15 is 0 Å². The van der Waals surface area contributed by atoms with Crippen molar-refractivity contribution < 1.29 is 28.7 Å². The van der Waals surface area contributed by atoms with E-state index in [-0.39, 0.29) is 29.8 Å². The lowest BCUT2D eigenvalue weighted by Crippen LogP contribution is -2.51. The number of hydrogen-bond acceptors (Lipinski definition) is 9. The number of benzene rings is 3. The average Bonchev–Trinajstić information content (AvgIpc) is 4.10. The number of fused-ring (bicyclic) bond motifs is 2. The highest BCUT2D eigenvalue weighted by atomic mass is 16.5. The standard InChI is InChI=1S/C44H47N9O6/c1-25(2)37(50-43(56)58-3)41(54)52-20-8-12-35(52)39-45-24-34(49-39)28-15-18-30-27(22-28)14-17-31(46-30)29-16-19-32-33(23-29)48-40(47-32)36-13-9-21-53(36)42(55)38(51-44(57)59-4)26-10-6-5-7-11-26/h5-7,10-11,14-19,22-25,35-38H,8-9,12-13,20-21H2,1-4H3,(H,45,49)(H,47,48)(H,50,56)(H,51,57). The van der Waals surface area contributed by atoms with E-state index in [1.54, 1.807) is 16.0 Å². The van der Waals surface area contributed by atoms with Crippen LogP contribution in [0.25, 0.3) is 44.5 Å². The highest BCUT2D eigenvalue weighted by Crippen LogP contribution is 2.36. The highest BCUT2D eigenvalue weighted by molar-refractivity contribution is 5.89. The number of hydrogen-bond donors (Lipinski definition) is 4. The quantitative estimate of drug-likeness (QED) is 0.114. The molecule has 5 heterocycles. The number of methoxy groups -OCH3 is 2. The Morgan fingerprint density at radius 3 is 2.14 bits per heavy atom. The van der Waals surface area contributed by atoms with Gasteiger partial charge in [-0.05, 0) is 67.5 Å². The van der Waals surface area contributed by atoms with Gasteiger partial charge in [-0.1, -0.05) is 62.4 Å². The van der Waals surface area contributed by atoms with Crippen LogP contribution in [0.3, 0.4) is 0 Å². The molecule has 15 heteroatoms. The summed E-state index contributed by atoms with van der Waals surface area (Å²) < 4.78 is 9.60. The first kappa shape index (κ1) is 39.1. The van der Waals surface area contributed by atoms with E-state index < -0.39 is 24.3 Å². The molecule has 3 aromatic carbocycles. The number of nitrogens with one attached hydrogen (secondary N) is 4. The van der Waals surface area contributed by atoms with E-state index in [9.17, 15) is 19.2 Å². The van der Waals surface area contributed by atoms with E-state index in [1.807, 2.05) is 86.6 Å². The topological polar surface area (TPSA) is 188 Å². The molecule has 304 valence electrons. The summed E-state index contributed by atoms with van der Waals surface area (Å²) in [5.41, 5.74) is 6.60. The third kappa shape index (κ3) is 7.92. The number of carbonyl (C=O) groups excluding carboxylic acids is 4. The number of H-pyrrole nitrogens is 2. The lowest BCUT2D eigenvalue weighted by molar-refractivity contribution is -0.135. The molecule has 4 N–H and O–H groups in total. The second-order valence-corrected chi connectivity index (χ2v) is 15.4. The molecule has 2 fully saturated rings. The molecule has 15 nitrogen and oxygen atoms in total. The maximum absolute atomic E-state index is 14.0. The number of carbonyl (C=O) groups is 4. The van der Waals surface area contributed by atoms with E-state index in [0.29, 0.717) is 30.3 Å². The normalized spacial score (nSPS) is 17.6. The Bertz CT molecular complexity index is 2520. The second-order valence-electron chi connectivity index (χ2n) is 15.4. The summed E-state index contributed by atoms with van der Waals surface area (Å²) in [6.07, 6.45) is 3.63. The molecule has 4 unspecified atom stereocenters. The molecule has 3 aromatic heterocycles. The van der Waals surface area contributed by atoms with Gasteiger partial charge >= 0.3 is 12.2 Å². The third-order valence-electron chi connectivity index (χ3n) is 11.3. The zero-order valence-electron chi connectivity index (χ0n) is 33.4. The molecule has 4 atom stereocenters. The zero-order valence-corrected chi connectivity index (χ0v) is 33.4. The van der Waals surface area contributed by atoms with Gasteiger partial charge in [0, 0.05) is 29.6 Å². The fraction of sp³-hybridized carbons (Fsp3) is 0.341. The lowest BCUT2D eigenvalue weighted by Gasteiger charge is -2.30. The first-order valence-corrected chi connectivity index (χ1v) is 19.9. The number of amides is 4. The Kier molecular flexibility index (Phi) is 11.0. The molecule has 6 aromatic rings. The van der Waals surface area contributed by atoms with Gasteiger partial charge in [0.2, 0.25) is 5.91 Å². The lowest BCUT2D eigenvalue weighted by atomic mass is 10.0. The summed E-state index contributed by atoms with van der Waals surface area (Å²) in [7, 11) is 2.56. The Morgan fingerprint density at radius 2 is 1.41 bits per heavy atom. The molecule has 2 saturated heterocycles. The van der Waals surface area contributed by atoms with E-state index in [4.69, 9.17) is 24.4 Å². The molecule has 0 bridgehead atoms. The number of imidazole rings is 2. The average molecular weight is 798 g/mol. The van der Waals surface area contributed by atoms with Crippen LogP contribution in [-0.4, -0.2) is 92.1 Å². The van der Waals surface area contributed by atoms with Crippen molar-refractivity contribution in [2.45, 2.75) is 63.7 Å². The highest BCUT2D eigenvalue weighted by Gasteiger charge is 2.39. The van der Waals surface area contributed by atoms with Crippen molar-refractivity contribution in [3.8, 4) is 22.5 Å². The van der Waals surface area contributed by atoms with Gasteiger partial charge in [0.05, 0.1) is 60.4 Å². The minimum Gasteiger partial charge on any atom is -0.453 e. The van der Waals surface area contributed by atoms with Crippen molar-refractivity contribution in [2.24, 2.45) is 5.92 Å². The van der Waals surface area contributed by atoms with Gasteiger partial charge in [0.25, 0.3) is 5.91 Å². The maximum Gasteiger partial charge on any atom is 0.407 e. The van der Waals surface area contributed by atoms with Crippen molar-refractivity contribution in [2.75, 3.05) is 27.3 Å². The number of ether oxygens (including phenoxy) is 2. The van der Waals surface area contributed by atoms with Crippen molar-refractivity contribution in [3.63, 3.8) is 0 Å². The number of nitrogens with zero attached hydrogens (tertiary/aromatic N) is 5. The summed E-state index contributed by atoms with van der Waals surface area (Å²) in [5, 5.41) is 6.37. The summed E-state index contributed by atoms with van der Waals surface area (Å²) in [6, 6.07) is 23.1. The molecule has 2 aliphatic rings. The molecule has 0 spiro atoms. The van der Waals surface area contributed by atoms with Crippen LogP contribution in [0.2, 0.25) is 0 Å². The van der Waals surface area contributed by atoms with Gasteiger partial charge in [0.1, 0.15) is 23.7 Å². The Morgan fingerprint density at radius 1 is 0.729 bits per heavy atom. The molecular weight excluding hydrogens is 751 g/mol. The molecule has 0 aliphatic carbocycles. The van der Waals surface area contributed by atoms with Crippen LogP contribution in [0.5, 0.6) is 0 Å². The first-order valence-electron chi connectivity index (χ1n) is 19.9. The summed E-state index contributed by atoms with van der Waals surface area (Å²) in [5.74, 6) is 0.906.